The lowest BCUT2D eigenvalue weighted by Crippen LogP contribution is -2.33. The fourth-order valence-corrected chi connectivity index (χ4v) is 4.08. The highest BCUT2D eigenvalue weighted by atomic mass is 16.5. The first-order valence-corrected chi connectivity index (χ1v) is 9.56. The van der Waals surface area contributed by atoms with Gasteiger partial charge in [0, 0.05) is 76.0 Å². The number of methoxy groups -OCH3 is 1. The third kappa shape index (κ3) is 3.65. The standard InChI is InChI=1S/C20H26N6O2/c1-24-14-16(12-23-24)20-15(10-19(27)26(20)8-9-28-2)11-21-13-17-4-3-5-18-22-6-7-25(17)18/h3-7,12,14-15,20-21H,8-11,13H2,1-2H3/t15-,20+/m0/s1. The summed E-state index contributed by atoms with van der Waals surface area (Å²) in [6.07, 6.45) is 8.17. The van der Waals surface area contributed by atoms with Crippen LogP contribution in [0.4, 0.5) is 0 Å². The first-order valence-electron chi connectivity index (χ1n) is 9.56. The van der Waals surface area contributed by atoms with Crippen LogP contribution in [0.1, 0.15) is 23.7 Å². The molecule has 4 rings (SSSR count). The quantitative estimate of drug-likeness (QED) is 0.637. The van der Waals surface area contributed by atoms with Crippen LogP contribution in [-0.2, 0) is 23.1 Å². The second-order valence-electron chi connectivity index (χ2n) is 7.24. The number of amides is 1. The molecule has 0 saturated carbocycles. The van der Waals surface area contributed by atoms with Gasteiger partial charge in [0.1, 0.15) is 5.65 Å². The fourth-order valence-electron chi connectivity index (χ4n) is 4.08. The second kappa shape index (κ2) is 8.12. The summed E-state index contributed by atoms with van der Waals surface area (Å²) in [7, 11) is 3.56. The Balaban J connectivity index is 1.47. The zero-order valence-corrected chi connectivity index (χ0v) is 16.3. The number of rotatable bonds is 8. The number of ether oxygens (including phenoxy) is 1. The van der Waals surface area contributed by atoms with Crippen LogP contribution in [0.5, 0.6) is 0 Å². The predicted molar refractivity (Wildman–Crippen MR) is 105 cm³/mol. The van der Waals surface area contributed by atoms with E-state index in [-0.39, 0.29) is 17.9 Å². The number of aromatic nitrogens is 4. The van der Waals surface area contributed by atoms with Crippen molar-refractivity contribution < 1.29 is 9.53 Å². The van der Waals surface area contributed by atoms with Gasteiger partial charge in [0.2, 0.25) is 5.91 Å². The molecule has 0 radical (unpaired) electrons. The maximum Gasteiger partial charge on any atom is 0.223 e. The van der Waals surface area contributed by atoms with Crippen molar-refractivity contribution in [3.05, 3.63) is 54.2 Å². The summed E-state index contributed by atoms with van der Waals surface area (Å²) in [6.45, 7) is 2.60. The molecule has 28 heavy (non-hydrogen) atoms. The number of carbonyl (C=O) groups excluding carboxylic acids is 1. The summed E-state index contributed by atoms with van der Waals surface area (Å²) in [5, 5.41) is 7.85. The smallest absolute Gasteiger partial charge is 0.223 e. The molecule has 1 aliphatic heterocycles. The summed E-state index contributed by atoms with van der Waals surface area (Å²) in [4.78, 5) is 18.9. The molecule has 1 N–H and O–H groups in total. The minimum Gasteiger partial charge on any atom is -0.383 e. The molecule has 1 aliphatic rings. The molecule has 0 aliphatic carbocycles. The lowest BCUT2D eigenvalue weighted by molar-refractivity contribution is -0.129. The minimum atomic E-state index is 0.0212. The van der Waals surface area contributed by atoms with E-state index in [1.54, 1.807) is 18.0 Å². The molecular weight excluding hydrogens is 356 g/mol. The molecule has 8 heteroatoms. The third-order valence-electron chi connectivity index (χ3n) is 5.37. The molecular formula is C20H26N6O2. The Hall–Kier alpha value is -2.71. The van der Waals surface area contributed by atoms with E-state index in [9.17, 15) is 4.79 Å². The highest BCUT2D eigenvalue weighted by Crippen LogP contribution is 2.37. The van der Waals surface area contributed by atoms with Crippen molar-refractivity contribution in [2.24, 2.45) is 13.0 Å². The number of nitrogens with one attached hydrogen (secondary N) is 1. The number of hydrogen-bond acceptors (Lipinski definition) is 5. The molecule has 0 unspecified atom stereocenters. The number of aryl methyl sites for hydroxylation is 1. The van der Waals surface area contributed by atoms with E-state index in [4.69, 9.17) is 4.74 Å². The van der Waals surface area contributed by atoms with Crippen molar-refractivity contribution >= 4 is 11.6 Å². The summed E-state index contributed by atoms with van der Waals surface area (Å²) in [5.41, 5.74) is 3.16. The van der Waals surface area contributed by atoms with Gasteiger partial charge in [-0.25, -0.2) is 4.98 Å². The molecule has 4 heterocycles. The van der Waals surface area contributed by atoms with E-state index in [1.807, 2.05) is 42.7 Å². The SMILES string of the molecule is COCCN1C(=O)C[C@@H](CNCc2cccc3nccn23)[C@@H]1c1cnn(C)c1. The number of hydrogen-bond donors (Lipinski definition) is 1. The molecule has 1 amide bonds. The van der Waals surface area contributed by atoms with Crippen LogP contribution >= 0.6 is 0 Å². The number of pyridine rings is 1. The van der Waals surface area contributed by atoms with E-state index in [1.165, 1.54) is 0 Å². The average molecular weight is 382 g/mol. The molecule has 148 valence electrons. The lowest BCUT2D eigenvalue weighted by Gasteiger charge is -2.27. The number of fused-ring (bicyclic) bond motifs is 1. The van der Waals surface area contributed by atoms with Gasteiger partial charge in [-0.15, -0.1) is 0 Å². The van der Waals surface area contributed by atoms with Crippen LogP contribution in [0.3, 0.4) is 0 Å². The first-order chi connectivity index (χ1) is 13.7. The van der Waals surface area contributed by atoms with Gasteiger partial charge in [-0.3, -0.25) is 9.48 Å². The van der Waals surface area contributed by atoms with Crippen molar-refractivity contribution in [3.8, 4) is 0 Å². The second-order valence-corrected chi connectivity index (χ2v) is 7.24. The molecule has 3 aromatic heterocycles. The van der Waals surface area contributed by atoms with Crippen molar-refractivity contribution in [2.45, 2.75) is 19.0 Å². The van der Waals surface area contributed by atoms with Gasteiger partial charge in [0.05, 0.1) is 18.8 Å². The van der Waals surface area contributed by atoms with E-state index in [0.29, 0.717) is 19.6 Å². The van der Waals surface area contributed by atoms with Gasteiger partial charge in [-0.05, 0) is 12.1 Å². The van der Waals surface area contributed by atoms with Crippen LogP contribution in [-0.4, -0.2) is 56.8 Å². The lowest BCUT2D eigenvalue weighted by atomic mass is 9.95. The maximum atomic E-state index is 12.7. The maximum absolute atomic E-state index is 12.7. The first kappa shape index (κ1) is 18.6. The molecule has 0 aromatic carbocycles. The Labute approximate surface area is 164 Å². The van der Waals surface area contributed by atoms with E-state index in [2.05, 4.69) is 25.9 Å². The highest BCUT2D eigenvalue weighted by molar-refractivity contribution is 5.79. The van der Waals surface area contributed by atoms with Gasteiger partial charge >= 0.3 is 0 Å². The van der Waals surface area contributed by atoms with E-state index >= 15 is 0 Å². The van der Waals surface area contributed by atoms with Crippen LogP contribution in [0.15, 0.2) is 43.0 Å². The third-order valence-corrected chi connectivity index (χ3v) is 5.37. The van der Waals surface area contributed by atoms with Crippen molar-refractivity contribution in [2.75, 3.05) is 26.8 Å². The Morgan fingerprint density at radius 1 is 1.36 bits per heavy atom. The monoisotopic (exact) mass is 382 g/mol. The van der Waals surface area contributed by atoms with Crippen LogP contribution in [0, 0.1) is 5.92 Å². The van der Waals surface area contributed by atoms with Gasteiger partial charge in [-0.1, -0.05) is 6.07 Å². The number of imidazole rings is 1. The van der Waals surface area contributed by atoms with Crippen molar-refractivity contribution in [3.63, 3.8) is 0 Å². The normalized spacial score (nSPS) is 19.8. The van der Waals surface area contributed by atoms with Crippen molar-refractivity contribution in [1.29, 1.82) is 0 Å². The predicted octanol–water partition coefficient (Wildman–Crippen LogP) is 1.39. The summed E-state index contributed by atoms with van der Waals surface area (Å²) >= 11 is 0. The Morgan fingerprint density at radius 3 is 3.04 bits per heavy atom. The van der Waals surface area contributed by atoms with Crippen LogP contribution in [0.2, 0.25) is 0 Å². The molecule has 3 aromatic rings. The molecule has 0 bridgehead atoms. The zero-order valence-electron chi connectivity index (χ0n) is 16.3. The Bertz CT molecular complexity index is 949. The number of nitrogens with zero attached hydrogens (tertiary/aromatic N) is 5. The molecule has 1 saturated heterocycles. The van der Waals surface area contributed by atoms with Crippen molar-refractivity contribution in [1.82, 2.24) is 29.4 Å². The summed E-state index contributed by atoms with van der Waals surface area (Å²) in [6, 6.07) is 6.12. The van der Waals surface area contributed by atoms with Gasteiger partial charge in [-0.2, -0.15) is 5.10 Å². The van der Waals surface area contributed by atoms with Gasteiger partial charge in [0.25, 0.3) is 0 Å². The Kier molecular flexibility index (Phi) is 5.40. The van der Waals surface area contributed by atoms with E-state index in [0.717, 1.165) is 30.0 Å². The largest absolute Gasteiger partial charge is 0.383 e. The average Bonchev–Trinajstić information content (AvgIpc) is 3.39. The topological polar surface area (TPSA) is 76.7 Å². The Morgan fingerprint density at radius 2 is 2.25 bits per heavy atom. The number of likely N-dealkylation sites (tertiary alicyclic amines) is 1. The molecule has 0 spiro atoms. The van der Waals surface area contributed by atoms with Gasteiger partial charge in [0.15, 0.2) is 0 Å². The van der Waals surface area contributed by atoms with E-state index < -0.39 is 0 Å². The van der Waals surface area contributed by atoms with Crippen LogP contribution in [0.25, 0.3) is 5.65 Å². The molecule has 1 fully saturated rings. The fraction of sp³-hybridized carbons (Fsp3) is 0.450. The molecule has 2 atom stereocenters. The van der Waals surface area contributed by atoms with Crippen LogP contribution < -0.4 is 5.32 Å². The number of carbonyl (C=O) groups is 1. The summed E-state index contributed by atoms with van der Waals surface area (Å²) < 4.78 is 9.08. The summed E-state index contributed by atoms with van der Waals surface area (Å²) in [5.74, 6) is 0.366. The zero-order chi connectivity index (χ0) is 19.5. The van der Waals surface area contributed by atoms with Gasteiger partial charge < -0.3 is 19.4 Å². The highest BCUT2D eigenvalue weighted by Gasteiger charge is 2.40. The molecule has 8 nitrogen and oxygen atoms in total. The minimum absolute atomic E-state index is 0.0212.